The molecule has 0 N–H and O–H groups in total. The van der Waals surface area contributed by atoms with Crippen molar-refractivity contribution in [3.05, 3.63) is 11.6 Å². The molecule has 0 bridgehead atoms. The molecule has 0 amide bonds. The fraction of sp³-hybridized carbons (Fsp3) is 0.920. The van der Waals surface area contributed by atoms with E-state index in [1.54, 1.807) is 5.57 Å². The maximum absolute atomic E-state index is 11.9. The molecule has 31 heavy (non-hydrogen) atoms. The maximum Gasteiger partial charge on any atom is 0.268 e. The van der Waals surface area contributed by atoms with Gasteiger partial charge in [0.05, 0.1) is 26.7 Å². The van der Waals surface area contributed by atoms with Gasteiger partial charge < -0.3 is 18.4 Å². The van der Waals surface area contributed by atoms with Gasteiger partial charge in [-0.2, -0.15) is 0 Å². The molecule has 2 fully saturated rings. The van der Waals surface area contributed by atoms with Gasteiger partial charge in [-0.25, -0.2) is 0 Å². The van der Waals surface area contributed by atoms with Gasteiger partial charge >= 0.3 is 0 Å². The molecule has 2 rings (SSSR count). The molecular formula is C25H48NO4P. The summed E-state index contributed by atoms with van der Waals surface area (Å²) in [6.45, 7) is 3.46. The van der Waals surface area contributed by atoms with Crippen LogP contribution >= 0.6 is 7.82 Å². The monoisotopic (exact) mass is 457 g/mol. The topological polar surface area (TPSA) is 58.6 Å². The van der Waals surface area contributed by atoms with Crippen molar-refractivity contribution in [2.45, 2.75) is 109 Å². The summed E-state index contributed by atoms with van der Waals surface area (Å²) in [5.41, 5.74) is 1.71. The van der Waals surface area contributed by atoms with Crippen LogP contribution in [-0.4, -0.2) is 44.4 Å². The van der Waals surface area contributed by atoms with Gasteiger partial charge in [-0.1, -0.05) is 56.6 Å². The van der Waals surface area contributed by atoms with Gasteiger partial charge in [-0.3, -0.25) is 4.57 Å². The molecule has 182 valence electrons. The Bertz CT molecular complexity index is 538. The number of nitrogens with zero attached hydrogens (tertiary/aromatic N) is 1. The van der Waals surface area contributed by atoms with Crippen LogP contribution in [0.1, 0.15) is 109 Å². The number of likely N-dealkylation sites (N-methyl/N-ethyl adjacent to an activating group) is 1. The quantitative estimate of drug-likeness (QED) is 0.115. The zero-order chi connectivity index (χ0) is 22.3. The van der Waals surface area contributed by atoms with Gasteiger partial charge in [0, 0.05) is 0 Å². The Morgan fingerprint density at radius 1 is 0.806 bits per heavy atom. The van der Waals surface area contributed by atoms with Crippen LogP contribution in [-0.2, 0) is 13.6 Å². The normalized spacial score (nSPS) is 21.0. The SMILES string of the molecule is C[N+]1(CCOP(=O)([O-])OCCCCCCCCCCC=C2CCCCC2)CCCCC1. The lowest BCUT2D eigenvalue weighted by atomic mass is 9.94. The zero-order valence-corrected chi connectivity index (χ0v) is 21.1. The summed E-state index contributed by atoms with van der Waals surface area (Å²) in [6.07, 6.45) is 23.9. The average molecular weight is 458 g/mol. The fourth-order valence-corrected chi connectivity index (χ4v) is 5.64. The Balaban J connectivity index is 1.36. The van der Waals surface area contributed by atoms with E-state index in [9.17, 15) is 9.46 Å². The molecule has 1 unspecified atom stereocenters. The first-order valence-electron chi connectivity index (χ1n) is 13.1. The van der Waals surface area contributed by atoms with Crippen LogP contribution in [0.5, 0.6) is 0 Å². The van der Waals surface area contributed by atoms with Gasteiger partial charge in [0.1, 0.15) is 13.2 Å². The number of likely N-dealkylation sites (tertiary alicyclic amines) is 1. The third-order valence-corrected chi connectivity index (χ3v) is 8.05. The van der Waals surface area contributed by atoms with Gasteiger partial charge in [0.15, 0.2) is 0 Å². The van der Waals surface area contributed by atoms with Crippen molar-refractivity contribution in [3.8, 4) is 0 Å². The summed E-state index contributed by atoms with van der Waals surface area (Å²) >= 11 is 0. The standard InChI is InChI=1S/C25H48NO4P/c1-26(20-14-10-15-21-26)22-24-30-31(27,28)29-23-16-8-6-4-2-3-5-7-11-17-25-18-12-9-13-19-25/h17H,2-16,18-24H2,1H3. The van der Waals surface area contributed by atoms with Crippen LogP contribution < -0.4 is 4.89 Å². The van der Waals surface area contributed by atoms with Crippen LogP contribution in [0, 0.1) is 0 Å². The summed E-state index contributed by atoms with van der Waals surface area (Å²) < 4.78 is 22.9. The summed E-state index contributed by atoms with van der Waals surface area (Å²) in [5, 5.41) is 0. The van der Waals surface area contributed by atoms with Crippen molar-refractivity contribution in [2.24, 2.45) is 0 Å². The second kappa shape index (κ2) is 15.6. The van der Waals surface area contributed by atoms with Crippen LogP contribution in [0.4, 0.5) is 0 Å². The van der Waals surface area contributed by atoms with Crippen molar-refractivity contribution in [2.75, 3.05) is 39.9 Å². The van der Waals surface area contributed by atoms with Crippen molar-refractivity contribution in [3.63, 3.8) is 0 Å². The lowest BCUT2D eigenvalue weighted by Crippen LogP contribution is -2.49. The van der Waals surface area contributed by atoms with E-state index in [1.165, 1.54) is 89.9 Å². The van der Waals surface area contributed by atoms with Crippen molar-refractivity contribution < 1.29 is 23.0 Å². The molecule has 1 saturated carbocycles. The molecule has 1 heterocycles. The van der Waals surface area contributed by atoms with E-state index in [4.69, 9.17) is 9.05 Å². The molecule has 1 aliphatic carbocycles. The molecule has 0 spiro atoms. The molecule has 1 saturated heterocycles. The smallest absolute Gasteiger partial charge is 0.268 e. The van der Waals surface area contributed by atoms with Crippen LogP contribution in [0.15, 0.2) is 11.6 Å². The highest BCUT2D eigenvalue weighted by molar-refractivity contribution is 7.45. The molecule has 0 aromatic heterocycles. The van der Waals surface area contributed by atoms with Gasteiger partial charge in [-0.05, 0) is 64.2 Å². The summed E-state index contributed by atoms with van der Waals surface area (Å²) in [5.74, 6) is 0. The second-order valence-corrected chi connectivity index (χ2v) is 11.4. The highest BCUT2D eigenvalue weighted by Crippen LogP contribution is 2.38. The van der Waals surface area contributed by atoms with E-state index in [0.717, 1.165) is 43.4 Å². The van der Waals surface area contributed by atoms with Gasteiger partial charge in [0.2, 0.25) is 0 Å². The summed E-state index contributed by atoms with van der Waals surface area (Å²) in [7, 11) is -1.95. The predicted octanol–water partition coefficient (Wildman–Crippen LogP) is 6.52. The summed E-state index contributed by atoms with van der Waals surface area (Å²) in [4.78, 5) is 11.9. The van der Waals surface area contributed by atoms with E-state index in [2.05, 4.69) is 13.1 Å². The van der Waals surface area contributed by atoms with E-state index in [0.29, 0.717) is 0 Å². The van der Waals surface area contributed by atoms with Crippen LogP contribution in [0.3, 0.4) is 0 Å². The van der Waals surface area contributed by atoms with E-state index >= 15 is 0 Å². The Morgan fingerprint density at radius 3 is 2.03 bits per heavy atom. The van der Waals surface area contributed by atoms with E-state index in [1.807, 2.05) is 0 Å². The number of phosphoric acid groups is 1. The number of unbranched alkanes of at least 4 members (excludes halogenated alkanes) is 8. The first-order chi connectivity index (χ1) is 15.0. The van der Waals surface area contributed by atoms with Gasteiger partial charge in [0.25, 0.3) is 7.82 Å². The third kappa shape index (κ3) is 13.2. The number of piperidine rings is 1. The maximum atomic E-state index is 11.9. The third-order valence-electron chi connectivity index (χ3n) is 7.05. The Morgan fingerprint density at radius 2 is 1.35 bits per heavy atom. The molecule has 1 aliphatic heterocycles. The van der Waals surface area contributed by atoms with Crippen molar-refractivity contribution in [1.29, 1.82) is 0 Å². The molecule has 5 nitrogen and oxygen atoms in total. The van der Waals surface area contributed by atoms with Gasteiger partial charge in [-0.15, -0.1) is 0 Å². The lowest BCUT2D eigenvalue weighted by molar-refractivity contribution is -0.914. The molecule has 0 radical (unpaired) electrons. The number of allylic oxidation sites excluding steroid dienone is 2. The van der Waals surface area contributed by atoms with Crippen LogP contribution in [0.25, 0.3) is 0 Å². The van der Waals surface area contributed by atoms with Crippen LogP contribution in [0.2, 0.25) is 0 Å². The number of quaternary nitrogens is 1. The zero-order valence-electron chi connectivity index (χ0n) is 20.2. The van der Waals surface area contributed by atoms with E-state index < -0.39 is 7.82 Å². The molecular weight excluding hydrogens is 409 g/mol. The fourth-order valence-electron chi connectivity index (χ4n) is 4.91. The number of phosphoric ester groups is 1. The number of hydrogen-bond donors (Lipinski definition) is 0. The Labute approximate surface area is 191 Å². The minimum Gasteiger partial charge on any atom is -0.756 e. The summed E-state index contributed by atoms with van der Waals surface area (Å²) in [6, 6.07) is 0. The minimum atomic E-state index is -4.14. The van der Waals surface area contributed by atoms with Crippen molar-refractivity contribution >= 4 is 7.82 Å². The molecule has 6 heteroatoms. The lowest BCUT2D eigenvalue weighted by Gasteiger charge is -2.38. The largest absolute Gasteiger partial charge is 0.756 e. The molecule has 0 aromatic rings. The average Bonchev–Trinajstić information content (AvgIpc) is 2.75. The first kappa shape index (κ1) is 27.1. The Kier molecular flexibility index (Phi) is 13.6. The van der Waals surface area contributed by atoms with E-state index in [-0.39, 0.29) is 13.2 Å². The first-order valence-corrected chi connectivity index (χ1v) is 14.6. The Hall–Kier alpha value is -0.190. The molecule has 0 aromatic carbocycles. The highest BCUT2D eigenvalue weighted by atomic mass is 31.2. The molecule has 2 aliphatic rings. The minimum absolute atomic E-state index is 0.231. The second-order valence-electron chi connectivity index (χ2n) is 10.0. The predicted molar refractivity (Wildman–Crippen MR) is 127 cm³/mol. The molecule has 1 atom stereocenters. The van der Waals surface area contributed by atoms with Crippen molar-refractivity contribution in [1.82, 2.24) is 0 Å². The number of hydrogen-bond acceptors (Lipinski definition) is 4. The number of rotatable bonds is 16. The highest BCUT2D eigenvalue weighted by Gasteiger charge is 2.25.